The summed E-state index contributed by atoms with van der Waals surface area (Å²) >= 11 is 0. The fourth-order valence-corrected chi connectivity index (χ4v) is 1.90. The average Bonchev–Trinajstić information content (AvgIpc) is 1.96. The monoisotopic (exact) mass is 211 g/mol. The van der Waals surface area contributed by atoms with Crippen LogP contribution in [0.4, 0.5) is 0 Å². The van der Waals surface area contributed by atoms with E-state index in [2.05, 4.69) is 0 Å². The maximum absolute atomic E-state index is 10.8. The van der Waals surface area contributed by atoms with Gasteiger partial charge in [-0.25, -0.2) is 0 Å². The maximum Gasteiger partial charge on any atom is 0.282 e. The molecule has 0 radical (unpaired) electrons. The maximum atomic E-state index is 10.8. The number of primary amides is 1. The first kappa shape index (κ1) is 12.3. The fourth-order valence-electron chi connectivity index (χ4n) is 1.02. The van der Waals surface area contributed by atoms with Gasteiger partial charge in [0, 0.05) is 0 Å². The number of aliphatic hydroxyl groups is 1. The van der Waals surface area contributed by atoms with Gasteiger partial charge < -0.3 is 10.8 Å². The van der Waals surface area contributed by atoms with Gasteiger partial charge in [-0.15, -0.1) is 0 Å². The highest BCUT2D eigenvalue weighted by atomic mass is 32.2. The second kappa shape index (κ2) is 4.03. The number of carbonyl (C=O) groups excluding carboxylic acids is 1. The summed E-state index contributed by atoms with van der Waals surface area (Å²) < 4.78 is 28.1. The summed E-state index contributed by atoms with van der Waals surface area (Å²) in [6.07, 6.45) is 0.112. The fraction of sp³-hybridized carbons (Fsp3) is 0.833. The van der Waals surface area contributed by atoms with Gasteiger partial charge in [0.25, 0.3) is 10.1 Å². The Morgan fingerprint density at radius 1 is 1.54 bits per heavy atom. The molecule has 4 N–H and O–H groups in total. The van der Waals surface area contributed by atoms with Gasteiger partial charge in [-0.1, -0.05) is 13.3 Å². The zero-order valence-corrected chi connectivity index (χ0v) is 8.04. The molecule has 0 rings (SSSR count). The molecule has 7 heteroatoms. The predicted molar refractivity (Wildman–Crippen MR) is 45.5 cm³/mol. The van der Waals surface area contributed by atoms with Crippen LogP contribution in [0.2, 0.25) is 0 Å². The number of nitrogens with two attached hydrogens (primary N) is 1. The number of carbonyl (C=O) groups is 1. The normalized spacial score (nSPS) is 16.5. The van der Waals surface area contributed by atoms with Crippen LogP contribution in [0.5, 0.6) is 0 Å². The summed E-state index contributed by atoms with van der Waals surface area (Å²) in [5, 5.41) is 8.77. The van der Waals surface area contributed by atoms with Crippen molar-refractivity contribution in [2.75, 3.05) is 6.61 Å². The summed E-state index contributed by atoms with van der Waals surface area (Å²) in [6.45, 7) is 0.605. The average molecular weight is 211 g/mol. The highest BCUT2D eigenvalue weighted by Gasteiger charge is 2.47. The Bertz CT molecular complexity index is 285. The third-order valence-electron chi connectivity index (χ3n) is 1.85. The molecule has 0 heterocycles. The summed E-state index contributed by atoms with van der Waals surface area (Å²) in [6, 6.07) is 0. The molecular formula is C6H13NO5S. The molecule has 0 aromatic carbocycles. The third-order valence-corrected chi connectivity index (χ3v) is 3.37. The lowest BCUT2D eigenvalue weighted by atomic mass is 10.0. The molecule has 0 aliphatic rings. The first-order chi connectivity index (χ1) is 5.81. The first-order valence-corrected chi connectivity index (χ1v) is 5.13. The van der Waals surface area contributed by atoms with Crippen molar-refractivity contribution < 1.29 is 22.9 Å². The van der Waals surface area contributed by atoms with E-state index in [0.717, 1.165) is 0 Å². The number of aliphatic hydroxyl groups excluding tert-OH is 1. The van der Waals surface area contributed by atoms with Crippen LogP contribution < -0.4 is 5.73 Å². The van der Waals surface area contributed by atoms with E-state index in [1.165, 1.54) is 0 Å². The van der Waals surface area contributed by atoms with Crippen molar-refractivity contribution >= 4 is 16.0 Å². The molecule has 0 fully saturated rings. The van der Waals surface area contributed by atoms with Crippen LogP contribution in [0.15, 0.2) is 0 Å². The molecule has 0 saturated carbocycles. The molecule has 78 valence electrons. The molecule has 1 atom stereocenters. The Labute approximate surface area is 76.5 Å². The van der Waals surface area contributed by atoms with Crippen molar-refractivity contribution in [3.05, 3.63) is 0 Å². The minimum Gasteiger partial charge on any atom is -0.394 e. The van der Waals surface area contributed by atoms with E-state index in [9.17, 15) is 13.2 Å². The molecule has 0 aliphatic carbocycles. The van der Waals surface area contributed by atoms with Crippen LogP contribution in [0.25, 0.3) is 0 Å². The molecule has 1 amide bonds. The molecule has 0 bridgehead atoms. The van der Waals surface area contributed by atoms with Crippen LogP contribution in [-0.4, -0.2) is 35.3 Å². The van der Waals surface area contributed by atoms with Gasteiger partial charge in [0.15, 0.2) is 4.75 Å². The molecule has 0 aliphatic heterocycles. The van der Waals surface area contributed by atoms with Crippen molar-refractivity contribution in [3.63, 3.8) is 0 Å². The van der Waals surface area contributed by atoms with Crippen LogP contribution in [-0.2, 0) is 14.9 Å². The van der Waals surface area contributed by atoms with Gasteiger partial charge in [-0.2, -0.15) is 8.42 Å². The van der Waals surface area contributed by atoms with E-state index < -0.39 is 27.4 Å². The summed E-state index contributed by atoms with van der Waals surface area (Å²) in [4.78, 5) is 10.8. The molecule has 6 nitrogen and oxygen atoms in total. The van der Waals surface area contributed by atoms with Crippen molar-refractivity contribution in [1.82, 2.24) is 0 Å². The predicted octanol–water partition coefficient (Wildman–Crippen LogP) is -1.11. The second-order valence-corrected chi connectivity index (χ2v) is 4.47. The van der Waals surface area contributed by atoms with Gasteiger partial charge in [0.05, 0.1) is 6.61 Å². The smallest absolute Gasteiger partial charge is 0.282 e. The Morgan fingerprint density at radius 3 is 2.08 bits per heavy atom. The SMILES string of the molecule is CCCC(CO)(C(N)=O)S(=O)(=O)O. The molecule has 0 aromatic heterocycles. The largest absolute Gasteiger partial charge is 0.394 e. The Hall–Kier alpha value is -0.660. The minimum atomic E-state index is -4.66. The number of rotatable bonds is 5. The first-order valence-electron chi connectivity index (χ1n) is 3.69. The van der Waals surface area contributed by atoms with Crippen LogP contribution >= 0.6 is 0 Å². The molecule has 0 saturated heterocycles. The zero-order valence-electron chi connectivity index (χ0n) is 7.23. The van der Waals surface area contributed by atoms with Crippen molar-refractivity contribution in [2.45, 2.75) is 24.5 Å². The van der Waals surface area contributed by atoms with E-state index in [1.807, 2.05) is 0 Å². The number of hydrogen-bond acceptors (Lipinski definition) is 4. The lowest BCUT2D eigenvalue weighted by Crippen LogP contribution is -2.53. The van der Waals surface area contributed by atoms with E-state index >= 15 is 0 Å². The number of amides is 1. The lowest BCUT2D eigenvalue weighted by Gasteiger charge is -2.23. The molecular weight excluding hydrogens is 198 g/mol. The van der Waals surface area contributed by atoms with Crippen molar-refractivity contribution in [3.8, 4) is 0 Å². The van der Waals surface area contributed by atoms with Gasteiger partial charge in [0.1, 0.15) is 0 Å². The summed E-state index contributed by atoms with van der Waals surface area (Å²) in [7, 11) is -4.66. The van der Waals surface area contributed by atoms with Gasteiger partial charge in [-0.3, -0.25) is 9.35 Å². The van der Waals surface area contributed by atoms with Crippen LogP contribution in [0.3, 0.4) is 0 Å². The Kier molecular flexibility index (Phi) is 3.83. The topological polar surface area (TPSA) is 118 Å². The highest BCUT2D eigenvalue weighted by Crippen LogP contribution is 2.21. The van der Waals surface area contributed by atoms with Gasteiger partial charge in [0.2, 0.25) is 5.91 Å². The minimum absolute atomic E-state index is 0.197. The Morgan fingerprint density at radius 2 is 2.00 bits per heavy atom. The van der Waals surface area contributed by atoms with Crippen LogP contribution in [0.1, 0.15) is 19.8 Å². The van der Waals surface area contributed by atoms with Gasteiger partial charge >= 0.3 is 0 Å². The van der Waals surface area contributed by atoms with Crippen LogP contribution in [0, 0.1) is 0 Å². The van der Waals surface area contributed by atoms with Crippen molar-refractivity contribution in [1.29, 1.82) is 0 Å². The molecule has 0 spiro atoms. The second-order valence-electron chi connectivity index (χ2n) is 2.74. The molecule has 1 unspecified atom stereocenters. The zero-order chi connectivity index (χ0) is 10.7. The third kappa shape index (κ3) is 2.17. The van der Waals surface area contributed by atoms with E-state index in [-0.39, 0.29) is 6.42 Å². The number of hydrogen-bond donors (Lipinski definition) is 3. The molecule has 13 heavy (non-hydrogen) atoms. The summed E-state index contributed by atoms with van der Waals surface area (Å²) in [5.74, 6) is -1.24. The lowest BCUT2D eigenvalue weighted by molar-refractivity contribution is -0.121. The van der Waals surface area contributed by atoms with Crippen molar-refractivity contribution in [2.24, 2.45) is 5.73 Å². The standard InChI is InChI=1S/C6H13NO5S/c1-2-3-6(4-8,5(7)9)13(10,11)12/h8H,2-4H2,1H3,(H2,7,9)(H,10,11,12). The highest BCUT2D eigenvalue weighted by molar-refractivity contribution is 7.88. The molecule has 0 aromatic rings. The van der Waals surface area contributed by atoms with Gasteiger partial charge in [-0.05, 0) is 6.42 Å². The summed E-state index contributed by atoms with van der Waals surface area (Å²) in [5.41, 5.74) is 4.82. The van der Waals surface area contributed by atoms with E-state index in [4.69, 9.17) is 15.4 Å². The van der Waals surface area contributed by atoms with E-state index in [1.54, 1.807) is 6.92 Å². The Balaban J connectivity index is 5.24. The van der Waals surface area contributed by atoms with E-state index in [0.29, 0.717) is 6.42 Å². The quantitative estimate of drug-likeness (QED) is 0.498.